The van der Waals surface area contributed by atoms with Gasteiger partial charge in [-0.3, -0.25) is 9.36 Å². The van der Waals surface area contributed by atoms with Crippen LogP contribution in [0.3, 0.4) is 0 Å². The van der Waals surface area contributed by atoms with Crippen molar-refractivity contribution in [1.82, 2.24) is 19.7 Å². The van der Waals surface area contributed by atoms with Crippen molar-refractivity contribution in [3.8, 4) is 22.8 Å². The molecule has 8 heteroatoms. The molecule has 170 valence electrons. The van der Waals surface area contributed by atoms with E-state index in [9.17, 15) is 4.79 Å². The number of thioether (sulfide) groups is 1. The van der Waals surface area contributed by atoms with E-state index in [1.54, 1.807) is 17.7 Å². The predicted octanol–water partition coefficient (Wildman–Crippen LogP) is 5.35. The second-order valence-corrected chi connectivity index (χ2v) is 8.79. The van der Waals surface area contributed by atoms with Gasteiger partial charge in [0, 0.05) is 0 Å². The standard InChI is InChI=1S/C26H22N4O3S/c1-16-12-13-21(17(2)14-16)30-25(31)18-8-4-6-10-20(18)27-26(30)34-15-23-28-24(29-33-23)19-9-5-7-11-22(19)32-3/h4-14H,15H2,1-3H3. The van der Waals surface area contributed by atoms with Crippen molar-refractivity contribution in [3.05, 3.63) is 94.1 Å². The highest BCUT2D eigenvalue weighted by molar-refractivity contribution is 7.98. The number of hydrogen-bond donors (Lipinski definition) is 0. The third-order valence-corrected chi connectivity index (χ3v) is 6.40. The fourth-order valence-corrected chi connectivity index (χ4v) is 4.70. The minimum Gasteiger partial charge on any atom is -0.496 e. The SMILES string of the molecule is COc1ccccc1-c1noc(CSc2nc3ccccc3c(=O)n2-c2ccc(C)cc2C)n1. The molecule has 0 N–H and O–H groups in total. The Morgan fingerprint density at radius 1 is 1.00 bits per heavy atom. The first-order chi connectivity index (χ1) is 16.5. The van der Waals surface area contributed by atoms with Crippen LogP contribution in [0.15, 0.2) is 81.2 Å². The van der Waals surface area contributed by atoms with Crippen molar-refractivity contribution in [2.24, 2.45) is 0 Å². The summed E-state index contributed by atoms with van der Waals surface area (Å²) in [5.74, 6) is 1.91. The number of ether oxygens (including phenoxy) is 1. The van der Waals surface area contributed by atoms with E-state index in [4.69, 9.17) is 14.2 Å². The minimum atomic E-state index is -0.111. The molecule has 34 heavy (non-hydrogen) atoms. The fourth-order valence-electron chi connectivity index (χ4n) is 3.86. The highest BCUT2D eigenvalue weighted by atomic mass is 32.2. The maximum Gasteiger partial charge on any atom is 0.266 e. The van der Waals surface area contributed by atoms with E-state index in [2.05, 4.69) is 16.2 Å². The molecule has 0 aliphatic rings. The molecule has 0 radical (unpaired) electrons. The van der Waals surface area contributed by atoms with Gasteiger partial charge in [-0.15, -0.1) is 0 Å². The quantitative estimate of drug-likeness (QED) is 0.244. The Morgan fingerprint density at radius 3 is 2.62 bits per heavy atom. The van der Waals surface area contributed by atoms with Gasteiger partial charge in [-0.2, -0.15) is 4.98 Å². The number of methoxy groups -OCH3 is 1. The molecule has 0 bridgehead atoms. The number of fused-ring (bicyclic) bond motifs is 1. The number of para-hydroxylation sites is 2. The first-order valence-corrected chi connectivity index (χ1v) is 11.7. The molecule has 0 unspecified atom stereocenters. The molecule has 0 fully saturated rings. The summed E-state index contributed by atoms with van der Waals surface area (Å²) in [6, 6.07) is 20.9. The van der Waals surface area contributed by atoms with Gasteiger partial charge < -0.3 is 9.26 Å². The van der Waals surface area contributed by atoms with Crippen LogP contribution in [-0.4, -0.2) is 26.8 Å². The average molecular weight is 471 g/mol. The van der Waals surface area contributed by atoms with Gasteiger partial charge in [0.05, 0.1) is 35.0 Å². The van der Waals surface area contributed by atoms with Gasteiger partial charge in [0.25, 0.3) is 5.56 Å². The van der Waals surface area contributed by atoms with E-state index in [1.807, 2.05) is 68.4 Å². The summed E-state index contributed by atoms with van der Waals surface area (Å²) in [5.41, 5.74) is 4.22. The smallest absolute Gasteiger partial charge is 0.266 e. The van der Waals surface area contributed by atoms with Crippen LogP contribution in [0, 0.1) is 13.8 Å². The summed E-state index contributed by atoms with van der Waals surface area (Å²) in [5, 5.41) is 5.25. The second kappa shape index (κ2) is 9.15. The van der Waals surface area contributed by atoms with Crippen molar-refractivity contribution < 1.29 is 9.26 Å². The first kappa shape index (κ1) is 21.9. The van der Waals surface area contributed by atoms with Crippen molar-refractivity contribution in [1.29, 1.82) is 0 Å². The average Bonchev–Trinajstić information content (AvgIpc) is 3.32. The van der Waals surface area contributed by atoms with Gasteiger partial charge >= 0.3 is 0 Å². The molecule has 0 saturated carbocycles. The zero-order valence-electron chi connectivity index (χ0n) is 19.0. The van der Waals surface area contributed by atoms with Crippen LogP contribution in [0.2, 0.25) is 0 Å². The van der Waals surface area contributed by atoms with E-state index in [-0.39, 0.29) is 5.56 Å². The summed E-state index contributed by atoms with van der Waals surface area (Å²) < 4.78 is 12.6. The lowest BCUT2D eigenvalue weighted by atomic mass is 10.1. The third kappa shape index (κ3) is 4.08. The van der Waals surface area contributed by atoms with Gasteiger partial charge in [0.15, 0.2) is 5.16 Å². The molecule has 0 amide bonds. The Balaban J connectivity index is 1.53. The van der Waals surface area contributed by atoms with Gasteiger partial charge in [-0.05, 0) is 49.7 Å². The number of aryl methyl sites for hydroxylation is 2. The zero-order valence-corrected chi connectivity index (χ0v) is 19.8. The topological polar surface area (TPSA) is 83.0 Å². The van der Waals surface area contributed by atoms with Crippen molar-refractivity contribution in [2.45, 2.75) is 24.8 Å². The third-order valence-electron chi connectivity index (χ3n) is 5.48. The van der Waals surface area contributed by atoms with E-state index in [1.165, 1.54) is 11.8 Å². The molecular weight excluding hydrogens is 448 g/mol. The van der Waals surface area contributed by atoms with Crippen molar-refractivity contribution >= 4 is 22.7 Å². The van der Waals surface area contributed by atoms with E-state index < -0.39 is 0 Å². The zero-order chi connectivity index (χ0) is 23.7. The van der Waals surface area contributed by atoms with Crippen LogP contribution in [0.5, 0.6) is 5.75 Å². The number of benzene rings is 3. The Morgan fingerprint density at radius 2 is 1.79 bits per heavy atom. The molecule has 2 heterocycles. The summed E-state index contributed by atoms with van der Waals surface area (Å²) >= 11 is 1.38. The van der Waals surface area contributed by atoms with Crippen LogP contribution in [-0.2, 0) is 5.75 Å². The van der Waals surface area contributed by atoms with E-state index >= 15 is 0 Å². The Bertz CT molecular complexity index is 1560. The molecule has 3 aromatic carbocycles. The van der Waals surface area contributed by atoms with Gasteiger partial charge in [-0.1, -0.05) is 58.9 Å². The van der Waals surface area contributed by atoms with E-state index in [0.717, 1.165) is 22.4 Å². The van der Waals surface area contributed by atoms with Crippen LogP contribution < -0.4 is 10.3 Å². The summed E-state index contributed by atoms with van der Waals surface area (Å²) in [7, 11) is 1.60. The lowest BCUT2D eigenvalue weighted by Gasteiger charge is -2.15. The lowest BCUT2D eigenvalue weighted by molar-refractivity contribution is 0.390. The van der Waals surface area contributed by atoms with Crippen molar-refractivity contribution in [3.63, 3.8) is 0 Å². The Kier molecular flexibility index (Phi) is 5.90. The summed E-state index contributed by atoms with van der Waals surface area (Å²) in [4.78, 5) is 22.8. The van der Waals surface area contributed by atoms with Crippen molar-refractivity contribution in [2.75, 3.05) is 7.11 Å². The number of nitrogens with zero attached hydrogens (tertiary/aromatic N) is 4. The molecule has 0 aliphatic carbocycles. The molecule has 5 rings (SSSR count). The molecule has 5 aromatic rings. The lowest BCUT2D eigenvalue weighted by Crippen LogP contribution is -2.22. The molecule has 0 atom stereocenters. The minimum absolute atomic E-state index is 0.111. The predicted molar refractivity (Wildman–Crippen MR) is 133 cm³/mol. The normalized spacial score (nSPS) is 11.1. The van der Waals surface area contributed by atoms with Gasteiger partial charge in [-0.25, -0.2) is 4.98 Å². The number of hydrogen-bond acceptors (Lipinski definition) is 7. The summed E-state index contributed by atoms with van der Waals surface area (Å²) in [6.45, 7) is 4.03. The maximum atomic E-state index is 13.5. The van der Waals surface area contributed by atoms with Gasteiger partial charge in [0.1, 0.15) is 5.75 Å². The number of aromatic nitrogens is 4. The van der Waals surface area contributed by atoms with Crippen LogP contribution in [0.1, 0.15) is 17.0 Å². The molecule has 7 nitrogen and oxygen atoms in total. The highest BCUT2D eigenvalue weighted by Gasteiger charge is 2.18. The second-order valence-electron chi connectivity index (χ2n) is 7.84. The first-order valence-electron chi connectivity index (χ1n) is 10.7. The maximum absolute atomic E-state index is 13.5. The largest absolute Gasteiger partial charge is 0.496 e. The van der Waals surface area contributed by atoms with Crippen LogP contribution >= 0.6 is 11.8 Å². The molecule has 0 saturated heterocycles. The van der Waals surface area contributed by atoms with E-state index in [0.29, 0.717) is 39.3 Å². The number of rotatable bonds is 6. The summed E-state index contributed by atoms with van der Waals surface area (Å²) in [6.07, 6.45) is 0. The van der Waals surface area contributed by atoms with Crippen LogP contribution in [0.4, 0.5) is 0 Å². The molecule has 0 spiro atoms. The molecule has 0 aliphatic heterocycles. The molecule has 2 aromatic heterocycles. The highest BCUT2D eigenvalue weighted by Crippen LogP contribution is 2.29. The Labute approximate surface area is 200 Å². The van der Waals surface area contributed by atoms with Gasteiger partial charge in [0.2, 0.25) is 11.7 Å². The molecular formula is C26H22N4O3S. The monoisotopic (exact) mass is 470 g/mol. The fraction of sp³-hybridized carbons (Fsp3) is 0.154. The van der Waals surface area contributed by atoms with Crippen LogP contribution in [0.25, 0.3) is 28.0 Å². The Hall–Kier alpha value is -3.91.